The summed E-state index contributed by atoms with van der Waals surface area (Å²) >= 11 is 0. The van der Waals surface area contributed by atoms with E-state index in [-0.39, 0.29) is 0 Å². The molecule has 1 aromatic rings. The minimum atomic E-state index is 0.528. The summed E-state index contributed by atoms with van der Waals surface area (Å²) in [4.78, 5) is 11.3. The van der Waals surface area contributed by atoms with Crippen LogP contribution in [0.5, 0.6) is 0 Å². The highest BCUT2D eigenvalue weighted by Gasteiger charge is 2.03. The molecule has 0 fully saturated rings. The fourth-order valence-corrected chi connectivity index (χ4v) is 2.68. The molecule has 0 bridgehead atoms. The van der Waals surface area contributed by atoms with Crippen LogP contribution in [-0.2, 0) is 0 Å². The smallest absolute Gasteiger partial charge is 0.122 e. The second-order valence-electron chi connectivity index (χ2n) is 2.79. The first-order chi connectivity index (χ1) is 6.24. The summed E-state index contributed by atoms with van der Waals surface area (Å²) < 4.78 is 0. The first-order valence-electron chi connectivity index (χ1n) is 3.99. The number of nitrogens with zero attached hydrogens (tertiary/aromatic N) is 1. The normalized spacial score (nSPS) is 10.4. The summed E-state index contributed by atoms with van der Waals surface area (Å²) in [6.45, 7) is 4.24. The van der Waals surface area contributed by atoms with Gasteiger partial charge < -0.3 is 0 Å². The quantitative estimate of drug-likeness (QED) is 0.553. The third-order valence-corrected chi connectivity index (χ3v) is 4.28. The third kappa shape index (κ3) is 3.40. The number of hydrogen-bond acceptors (Lipinski definition) is 4. The molecule has 0 saturated carbocycles. The summed E-state index contributed by atoms with van der Waals surface area (Å²) in [7, 11) is 3.33. The van der Waals surface area contributed by atoms with Gasteiger partial charge in [-0.05, 0) is 17.3 Å². The zero-order valence-corrected chi connectivity index (χ0v) is 9.19. The first-order valence-corrected chi connectivity index (χ1v) is 6.21. The van der Waals surface area contributed by atoms with E-state index in [1.54, 1.807) is 27.7 Å². The molecule has 2 nitrogen and oxygen atoms in total. The molecule has 4 heteroatoms. The van der Waals surface area contributed by atoms with Gasteiger partial charge in [0.05, 0.1) is 0 Å². The van der Waals surface area contributed by atoms with Gasteiger partial charge in [0, 0.05) is 10.1 Å². The van der Waals surface area contributed by atoms with Crippen molar-refractivity contribution in [1.82, 2.24) is 0 Å². The van der Waals surface area contributed by atoms with Crippen molar-refractivity contribution in [1.29, 1.82) is 0 Å². The van der Waals surface area contributed by atoms with Gasteiger partial charge in [-0.25, -0.2) is 0 Å². The van der Waals surface area contributed by atoms with Crippen LogP contribution in [0.3, 0.4) is 0 Å². The van der Waals surface area contributed by atoms with Gasteiger partial charge in [0.1, 0.15) is 5.69 Å². The lowest BCUT2D eigenvalue weighted by atomic mass is 10.3. The van der Waals surface area contributed by atoms with E-state index in [4.69, 9.17) is 0 Å². The van der Waals surface area contributed by atoms with Gasteiger partial charge in [0.15, 0.2) is 0 Å². The van der Waals surface area contributed by atoms with Crippen molar-refractivity contribution < 1.29 is 0 Å². The Kier molecular flexibility index (Phi) is 4.32. The van der Waals surface area contributed by atoms with E-state index < -0.39 is 0 Å². The van der Waals surface area contributed by atoms with E-state index in [9.17, 15) is 4.91 Å². The fraction of sp³-hybridized carbons (Fsp3) is 0.333. The molecule has 0 unspecified atom stereocenters. The predicted octanol–water partition coefficient (Wildman–Crippen LogP) is 4.23. The van der Waals surface area contributed by atoms with Crippen molar-refractivity contribution >= 4 is 27.3 Å². The molecule has 0 N–H and O–H groups in total. The van der Waals surface area contributed by atoms with Crippen molar-refractivity contribution in [3.8, 4) is 0 Å². The van der Waals surface area contributed by atoms with Gasteiger partial charge >= 0.3 is 0 Å². The van der Waals surface area contributed by atoms with Gasteiger partial charge in [0.2, 0.25) is 0 Å². The molecular weight excluding hydrogens is 202 g/mol. The summed E-state index contributed by atoms with van der Waals surface area (Å²) in [5.74, 6) is 0. The molecule has 0 amide bonds. The van der Waals surface area contributed by atoms with Gasteiger partial charge in [-0.3, -0.25) is 0 Å². The molecule has 0 aliphatic heterocycles. The van der Waals surface area contributed by atoms with Crippen LogP contribution in [0.4, 0.5) is 5.69 Å². The Hall–Kier alpha value is -0.480. The van der Waals surface area contributed by atoms with Gasteiger partial charge in [-0.2, -0.15) is 0 Å². The van der Waals surface area contributed by atoms with Crippen molar-refractivity contribution in [3.05, 3.63) is 29.2 Å². The molecule has 1 rings (SSSR count). The zero-order chi connectivity index (χ0) is 9.68. The molecule has 0 heterocycles. The average Bonchev–Trinajstić information content (AvgIpc) is 2.15. The van der Waals surface area contributed by atoms with Gasteiger partial charge in [-0.1, -0.05) is 47.6 Å². The molecule has 70 valence electrons. The van der Waals surface area contributed by atoms with Crippen LogP contribution in [-0.4, -0.2) is 5.25 Å². The Morgan fingerprint density at radius 2 is 2.00 bits per heavy atom. The molecule has 0 aromatic heterocycles. The van der Waals surface area contributed by atoms with E-state index in [0.29, 0.717) is 10.9 Å². The van der Waals surface area contributed by atoms with Crippen LogP contribution in [0.25, 0.3) is 0 Å². The number of hydrogen-bond donors (Lipinski definition) is 0. The minimum Gasteiger partial charge on any atom is -0.145 e. The van der Waals surface area contributed by atoms with E-state index in [1.165, 1.54) is 0 Å². The van der Waals surface area contributed by atoms with Crippen LogP contribution < -0.4 is 0 Å². The van der Waals surface area contributed by atoms with Crippen LogP contribution >= 0.6 is 21.6 Å². The predicted molar refractivity (Wildman–Crippen MR) is 60.5 cm³/mol. The Morgan fingerprint density at radius 1 is 1.31 bits per heavy atom. The van der Waals surface area contributed by atoms with Crippen molar-refractivity contribution in [2.24, 2.45) is 5.18 Å². The molecular formula is C9H11NOS2. The minimum absolute atomic E-state index is 0.528. The lowest BCUT2D eigenvalue weighted by Crippen LogP contribution is -1.80. The van der Waals surface area contributed by atoms with Crippen molar-refractivity contribution in [2.45, 2.75) is 24.0 Å². The van der Waals surface area contributed by atoms with E-state index in [1.807, 2.05) is 18.2 Å². The first kappa shape index (κ1) is 10.6. The maximum absolute atomic E-state index is 10.4. The van der Waals surface area contributed by atoms with Crippen molar-refractivity contribution in [3.63, 3.8) is 0 Å². The molecule has 0 saturated heterocycles. The lowest BCUT2D eigenvalue weighted by Gasteiger charge is -2.04. The Morgan fingerprint density at radius 3 is 2.62 bits per heavy atom. The van der Waals surface area contributed by atoms with E-state index in [0.717, 1.165) is 4.90 Å². The molecule has 0 aliphatic rings. The summed E-state index contributed by atoms with van der Waals surface area (Å²) in [6.07, 6.45) is 0. The van der Waals surface area contributed by atoms with Crippen LogP contribution in [0.1, 0.15) is 13.8 Å². The highest BCUT2D eigenvalue weighted by molar-refractivity contribution is 8.77. The maximum Gasteiger partial charge on any atom is 0.122 e. The van der Waals surface area contributed by atoms with E-state index in [2.05, 4.69) is 19.0 Å². The second-order valence-corrected chi connectivity index (χ2v) is 5.61. The molecule has 0 spiro atoms. The molecule has 1 aromatic carbocycles. The standard InChI is InChI=1S/C9H11NOS2/c1-7(2)12-13-9-6-4-3-5-8(9)10-11/h3-7H,1-2H3. The number of nitroso groups, excluding NO2 is 1. The summed E-state index contributed by atoms with van der Waals surface area (Å²) in [5, 5.41) is 3.51. The molecule has 0 aliphatic carbocycles. The SMILES string of the molecule is CC(C)SSc1ccccc1N=O. The largest absolute Gasteiger partial charge is 0.145 e. The van der Waals surface area contributed by atoms with Crippen molar-refractivity contribution in [2.75, 3.05) is 0 Å². The monoisotopic (exact) mass is 213 g/mol. The summed E-state index contributed by atoms with van der Waals surface area (Å²) in [5.41, 5.74) is 0.528. The Balaban J connectivity index is 2.69. The van der Waals surface area contributed by atoms with E-state index >= 15 is 0 Å². The Labute approximate surface area is 85.9 Å². The topological polar surface area (TPSA) is 29.4 Å². The van der Waals surface area contributed by atoms with Crippen LogP contribution in [0, 0.1) is 4.91 Å². The van der Waals surface area contributed by atoms with Gasteiger partial charge in [-0.15, -0.1) is 4.91 Å². The molecule has 0 radical (unpaired) electrons. The van der Waals surface area contributed by atoms with Crippen LogP contribution in [0.2, 0.25) is 0 Å². The number of rotatable bonds is 4. The molecule has 13 heavy (non-hydrogen) atoms. The highest BCUT2D eigenvalue weighted by atomic mass is 33.1. The zero-order valence-electron chi connectivity index (χ0n) is 7.56. The van der Waals surface area contributed by atoms with Gasteiger partial charge in [0.25, 0.3) is 0 Å². The average molecular weight is 213 g/mol. The molecule has 0 atom stereocenters. The van der Waals surface area contributed by atoms with Crippen LogP contribution in [0.15, 0.2) is 34.3 Å². The highest BCUT2D eigenvalue weighted by Crippen LogP contribution is 2.39. The summed E-state index contributed by atoms with van der Waals surface area (Å²) in [6, 6.07) is 7.38. The Bertz CT molecular complexity index is 289. The fourth-order valence-electron chi connectivity index (χ4n) is 0.751. The third-order valence-electron chi connectivity index (χ3n) is 1.29. The lowest BCUT2D eigenvalue weighted by molar-refractivity contribution is 1.12. The second kappa shape index (κ2) is 5.29. The number of benzene rings is 1. The maximum atomic E-state index is 10.4.